The number of anilines is 1. The third kappa shape index (κ3) is 4.27. The van der Waals surface area contributed by atoms with Gasteiger partial charge in [-0.3, -0.25) is 0 Å². The molecule has 0 aromatic heterocycles. The molecule has 0 amide bonds. The van der Waals surface area contributed by atoms with Crippen molar-refractivity contribution < 1.29 is 4.74 Å². The number of nitrogen functional groups attached to an aromatic ring is 1. The van der Waals surface area contributed by atoms with Crippen LogP contribution in [0, 0.1) is 0 Å². The number of hydrogen-bond acceptors (Lipinski definition) is 3. The fourth-order valence-corrected chi connectivity index (χ4v) is 1.59. The van der Waals surface area contributed by atoms with Crippen LogP contribution in [0.3, 0.4) is 0 Å². The van der Waals surface area contributed by atoms with Crippen molar-refractivity contribution >= 4 is 5.69 Å². The molecular formula is C14H24N2O. The molecule has 17 heavy (non-hydrogen) atoms. The van der Waals surface area contributed by atoms with Gasteiger partial charge in [-0.2, -0.15) is 0 Å². The summed E-state index contributed by atoms with van der Waals surface area (Å²) < 4.78 is 5.56. The molecular weight excluding hydrogens is 212 g/mol. The van der Waals surface area contributed by atoms with Gasteiger partial charge in [0.1, 0.15) is 5.75 Å². The fraction of sp³-hybridized carbons (Fsp3) is 0.571. The maximum Gasteiger partial charge on any atom is 0.142 e. The SMILES string of the molecule is CCCOc1ccc(CC(C)N(C)C)cc1N. The summed E-state index contributed by atoms with van der Waals surface area (Å²) in [7, 11) is 4.18. The monoisotopic (exact) mass is 236 g/mol. The summed E-state index contributed by atoms with van der Waals surface area (Å²) in [6, 6.07) is 6.60. The van der Waals surface area contributed by atoms with E-state index in [9.17, 15) is 0 Å². The van der Waals surface area contributed by atoms with E-state index in [4.69, 9.17) is 10.5 Å². The van der Waals surface area contributed by atoms with E-state index in [0.717, 1.165) is 30.9 Å². The molecule has 1 aromatic carbocycles. The zero-order valence-corrected chi connectivity index (χ0v) is 11.4. The van der Waals surface area contributed by atoms with Crippen LogP contribution in [0.4, 0.5) is 5.69 Å². The van der Waals surface area contributed by atoms with Crippen molar-refractivity contribution in [2.24, 2.45) is 0 Å². The first kappa shape index (κ1) is 13.8. The smallest absolute Gasteiger partial charge is 0.142 e. The molecule has 0 fully saturated rings. The number of likely N-dealkylation sites (N-methyl/N-ethyl adjacent to an activating group) is 1. The molecule has 3 heteroatoms. The minimum absolute atomic E-state index is 0.511. The Bertz CT molecular complexity index is 350. The summed E-state index contributed by atoms with van der Waals surface area (Å²) >= 11 is 0. The number of hydrogen-bond donors (Lipinski definition) is 1. The second kappa shape index (κ2) is 6.50. The van der Waals surface area contributed by atoms with Gasteiger partial charge in [-0.25, -0.2) is 0 Å². The van der Waals surface area contributed by atoms with Crippen LogP contribution in [0.25, 0.3) is 0 Å². The van der Waals surface area contributed by atoms with Gasteiger partial charge >= 0.3 is 0 Å². The molecule has 0 saturated heterocycles. The minimum Gasteiger partial charge on any atom is -0.491 e. The van der Waals surface area contributed by atoms with Gasteiger partial charge in [0.2, 0.25) is 0 Å². The predicted molar refractivity (Wildman–Crippen MR) is 73.5 cm³/mol. The van der Waals surface area contributed by atoms with Crippen LogP contribution >= 0.6 is 0 Å². The highest BCUT2D eigenvalue weighted by molar-refractivity contribution is 5.54. The van der Waals surface area contributed by atoms with E-state index in [2.05, 4.69) is 38.9 Å². The first-order valence-electron chi connectivity index (χ1n) is 6.22. The molecule has 0 aliphatic heterocycles. The van der Waals surface area contributed by atoms with Gasteiger partial charge in [-0.05, 0) is 51.6 Å². The zero-order valence-electron chi connectivity index (χ0n) is 11.4. The standard InChI is InChI=1S/C14H24N2O/c1-5-8-17-14-7-6-12(10-13(14)15)9-11(2)16(3)4/h6-7,10-11H,5,8-9,15H2,1-4H3. The van der Waals surface area contributed by atoms with Crippen LogP contribution < -0.4 is 10.5 Å². The Labute approximate surface area is 105 Å². The van der Waals surface area contributed by atoms with Gasteiger partial charge in [-0.15, -0.1) is 0 Å². The fourth-order valence-electron chi connectivity index (χ4n) is 1.59. The largest absolute Gasteiger partial charge is 0.491 e. The number of nitrogens with zero attached hydrogens (tertiary/aromatic N) is 1. The average molecular weight is 236 g/mol. The van der Waals surface area contributed by atoms with Gasteiger partial charge in [0.05, 0.1) is 12.3 Å². The van der Waals surface area contributed by atoms with Crippen LogP contribution in [0.15, 0.2) is 18.2 Å². The molecule has 2 N–H and O–H groups in total. The summed E-state index contributed by atoms with van der Waals surface area (Å²) in [6.07, 6.45) is 2.00. The summed E-state index contributed by atoms with van der Waals surface area (Å²) in [5.41, 5.74) is 7.97. The van der Waals surface area contributed by atoms with Crippen LogP contribution in [-0.2, 0) is 6.42 Å². The lowest BCUT2D eigenvalue weighted by Gasteiger charge is -2.20. The van der Waals surface area contributed by atoms with Crippen LogP contribution in [0.1, 0.15) is 25.8 Å². The zero-order chi connectivity index (χ0) is 12.8. The van der Waals surface area contributed by atoms with Gasteiger partial charge in [-0.1, -0.05) is 13.0 Å². The van der Waals surface area contributed by atoms with E-state index >= 15 is 0 Å². The number of benzene rings is 1. The third-order valence-corrected chi connectivity index (χ3v) is 2.95. The van der Waals surface area contributed by atoms with Crippen molar-refractivity contribution in [3.8, 4) is 5.75 Å². The van der Waals surface area contributed by atoms with Crippen LogP contribution in [0.5, 0.6) is 5.75 Å². The molecule has 1 aromatic rings. The molecule has 0 heterocycles. The molecule has 0 bridgehead atoms. The number of nitrogens with two attached hydrogens (primary N) is 1. The first-order valence-corrected chi connectivity index (χ1v) is 6.22. The predicted octanol–water partition coefficient (Wildman–Crippen LogP) is 2.55. The molecule has 0 spiro atoms. The summed E-state index contributed by atoms with van der Waals surface area (Å²) in [6.45, 7) is 5.01. The summed E-state index contributed by atoms with van der Waals surface area (Å²) in [4.78, 5) is 2.21. The molecule has 3 nitrogen and oxygen atoms in total. The Morgan fingerprint density at radius 2 is 2.06 bits per heavy atom. The minimum atomic E-state index is 0.511. The average Bonchev–Trinajstić information content (AvgIpc) is 2.28. The van der Waals surface area contributed by atoms with E-state index in [1.54, 1.807) is 0 Å². The Morgan fingerprint density at radius 1 is 1.35 bits per heavy atom. The number of ether oxygens (including phenoxy) is 1. The van der Waals surface area contributed by atoms with Crippen molar-refractivity contribution in [2.45, 2.75) is 32.7 Å². The van der Waals surface area contributed by atoms with E-state index in [0.29, 0.717) is 6.04 Å². The normalized spacial score (nSPS) is 12.8. The van der Waals surface area contributed by atoms with Crippen LogP contribution in [0.2, 0.25) is 0 Å². The second-order valence-corrected chi connectivity index (χ2v) is 4.74. The lowest BCUT2D eigenvalue weighted by molar-refractivity contribution is 0.311. The van der Waals surface area contributed by atoms with Crippen molar-refractivity contribution in [1.29, 1.82) is 0 Å². The van der Waals surface area contributed by atoms with Gasteiger partial charge in [0.15, 0.2) is 0 Å². The molecule has 96 valence electrons. The number of rotatable bonds is 6. The third-order valence-electron chi connectivity index (χ3n) is 2.95. The highest BCUT2D eigenvalue weighted by Crippen LogP contribution is 2.23. The second-order valence-electron chi connectivity index (χ2n) is 4.74. The highest BCUT2D eigenvalue weighted by atomic mass is 16.5. The van der Waals surface area contributed by atoms with Crippen molar-refractivity contribution in [1.82, 2.24) is 4.90 Å². The maximum absolute atomic E-state index is 5.98. The first-order chi connectivity index (χ1) is 8.04. The lowest BCUT2D eigenvalue weighted by atomic mass is 10.1. The molecule has 0 radical (unpaired) electrons. The quantitative estimate of drug-likeness (QED) is 0.771. The van der Waals surface area contributed by atoms with Crippen molar-refractivity contribution in [2.75, 3.05) is 26.4 Å². The van der Waals surface area contributed by atoms with Crippen molar-refractivity contribution in [3.05, 3.63) is 23.8 Å². The molecule has 0 aliphatic carbocycles. The van der Waals surface area contributed by atoms with E-state index in [-0.39, 0.29) is 0 Å². The van der Waals surface area contributed by atoms with E-state index in [1.165, 1.54) is 5.56 Å². The topological polar surface area (TPSA) is 38.5 Å². The molecule has 0 saturated carbocycles. The van der Waals surface area contributed by atoms with Crippen molar-refractivity contribution in [3.63, 3.8) is 0 Å². The van der Waals surface area contributed by atoms with Gasteiger partial charge in [0.25, 0.3) is 0 Å². The lowest BCUT2D eigenvalue weighted by Crippen LogP contribution is -2.26. The highest BCUT2D eigenvalue weighted by Gasteiger charge is 2.07. The molecule has 0 aliphatic rings. The van der Waals surface area contributed by atoms with Crippen LogP contribution in [-0.4, -0.2) is 31.6 Å². The van der Waals surface area contributed by atoms with E-state index < -0.39 is 0 Å². The van der Waals surface area contributed by atoms with Gasteiger partial charge < -0.3 is 15.4 Å². The molecule has 1 unspecified atom stereocenters. The Morgan fingerprint density at radius 3 is 2.59 bits per heavy atom. The Hall–Kier alpha value is -1.22. The maximum atomic E-state index is 5.98. The summed E-state index contributed by atoms with van der Waals surface area (Å²) in [5, 5.41) is 0. The Balaban J connectivity index is 2.68. The Kier molecular flexibility index (Phi) is 5.29. The molecule has 1 atom stereocenters. The summed E-state index contributed by atoms with van der Waals surface area (Å²) in [5.74, 6) is 0.799. The van der Waals surface area contributed by atoms with E-state index in [1.807, 2.05) is 12.1 Å². The van der Waals surface area contributed by atoms with Gasteiger partial charge in [0, 0.05) is 6.04 Å². The molecule has 1 rings (SSSR count).